The summed E-state index contributed by atoms with van der Waals surface area (Å²) < 4.78 is 27.2. The van der Waals surface area contributed by atoms with Crippen molar-refractivity contribution in [1.29, 1.82) is 0 Å². The van der Waals surface area contributed by atoms with E-state index in [1.54, 1.807) is 18.2 Å². The van der Waals surface area contributed by atoms with Gasteiger partial charge in [0.25, 0.3) is 5.91 Å². The molecule has 0 aliphatic heterocycles. The fourth-order valence-electron chi connectivity index (χ4n) is 2.84. The molecule has 2 amide bonds. The number of benzene rings is 2. The molecule has 0 saturated carbocycles. The summed E-state index contributed by atoms with van der Waals surface area (Å²) in [6.07, 6.45) is 0. The van der Waals surface area contributed by atoms with E-state index in [-0.39, 0.29) is 29.8 Å². The number of amides is 2. The maximum Gasteiger partial charge on any atom is 0.251 e. The van der Waals surface area contributed by atoms with E-state index in [1.807, 2.05) is 13.8 Å². The van der Waals surface area contributed by atoms with Gasteiger partial charge >= 0.3 is 0 Å². The van der Waals surface area contributed by atoms with Crippen LogP contribution in [0.2, 0.25) is 0 Å². The minimum Gasteiger partial charge on any atom is -0.351 e. The van der Waals surface area contributed by atoms with Crippen LogP contribution >= 0.6 is 0 Å². The highest BCUT2D eigenvalue weighted by Gasteiger charge is 2.14. The number of aromatic nitrogens is 2. The topological polar surface area (TPSA) is 130 Å². The van der Waals surface area contributed by atoms with Gasteiger partial charge in [-0.15, -0.1) is 0 Å². The second-order valence-electron chi connectivity index (χ2n) is 6.96. The molecule has 0 saturated heterocycles. The van der Waals surface area contributed by atoms with E-state index in [4.69, 9.17) is 0 Å². The number of sulfonamides is 1. The Morgan fingerprint density at radius 3 is 2.19 bits per heavy atom. The van der Waals surface area contributed by atoms with E-state index in [0.29, 0.717) is 22.3 Å². The third kappa shape index (κ3) is 5.62. The van der Waals surface area contributed by atoms with Crippen LogP contribution in [0, 0.1) is 13.8 Å². The first-order valence-electron chi connectivity index (χ1n) is 9.56. The zero-order chi connectivity index (χ0) is 22.6. The number of carbonyl (C=O) groups is 2. The molecule has 162 valence electrons. The smallest absolute Gasteiger partial charge is 0.251 e. The maximum absolute atomic E-state index is 12.4. The maximum atomic E-state index is 12.4. The third-order valence-corrected chi connectivity index (χ3v) is 6.00. The van der Waals surface area contributed by atoms with E-state index in [1.165, 1.54) is 31.2 Å². The van der Waals surface area contributed by atoms with Crippen LogP contribution < -0.4 is 15.4 Å². The van der Waals surface area contributed by atoms with Crippen molar-refractivity contribution in [2.45, 2.75) is 25.7 Å². The number of carbonyl (C=O) groups excluding carboxylic acids is 2. The molecule has 3 N–H and O–H groups in total. The summed E-state index contributed by atoms with van der Waals surface area (Å²) in [5, 5.41) is 5.25. The first-order chi connectivity index (χ1) is 14.7. The SMILES string of the molecule is CC(=O)Nc1ccc(S(=O)(=O)NCCNC(=O)c2ccc3nc(C)c(C)nc3c2)cc1. The van der Waals surface area contributed by atoms with Gasteiger partial charge < -0.3 is 10.6 Å². The van der Waals surface area contributed by atoms with Crippen LogP contribution in [0.25, 0.3) is 11.0 Å². The van der Waals surface area contributed by atoms with E-state index in [2.05, 4.69) is 25.3 Å². The highest BCUT2D eigenvalue weighted by molar-refractivity contribution is 7.89. The van der Waals surface area contributed by atoms with Gasteiger partial charge in [0.05, 0.1) is 27.3 Å². The molecular weight excluding hydrogens is 418 g/mol. The van der Waals surface area contributed by atoms with Crippen LogP contribution in [0.1, 0.15) is 28.7 Å². The highest BCUT2D eigenvalue weighted by atomic mass is 32.2. The minimum atomic E-state index is -3.74. The predicted octanol–water partition coefficient (Wildman–Crippen LogP) is 1.91. The first-order valence-corrected chi connectivity index (χ1v) is 11.0. The summed E-state index contributed by atoms with van der Waals surface area (Å²) in [7, 11) is -3.74. The summed E-state index contributed by atoms with van der Waals surface area (Å²) in [4.78, 5) is 32.4. The molecule has 10 heteroatoms. The summed E-state index contributed by atoms with van der Waals surface area (Å²) in [5.74, 6) is -0.575. The number of anilines is 1. The lowest BCUT2D eigenvalue weighted by molar-refractivity contribution is -0.114. The van der Waals surface area contributed by atoms with Gasteiger partial charge in [-0.2, -0.15) is 0 Å². The van der Waals surface area contributed by atoms with Crippen LogP contribution in [-0.2, 0) is 14.8 Å². The van der Waals surface area contributed by atoms with Crippen LogP contribution in [-0.4, -0.2) is 43.3 Å². The van der Waals surface area contributed by atoms with Crippen LogP contribution in [0.4, 0.5) is 5.69 Å². The molecule has 9 nitrogen and oxygen atoms in total. The van der Waals surface area contributed by atoms with E-state index in [9.17, 15) is 18.0 Å². The molecule has 3 rings (SSSR count). The molecule has 0 aliphatic carbocycles. The van der Waals surface area contributed by atoms with Crippen LogP contribution in [0.3, 0.4) is 0 Å². The molecule has 0 fully saturated rings. The second-order valence-corrected chi connectivity index (χ2v) is 8.72. The first kappa shape index (κ1) is 22.3. The summed E-state index contributed by atoms with van der Waals surface area (Å²) in [5.41, 5.74) is 3.88. The van der Waals surface area contributed by atoms with Crippen molar-refractivity contribution in [2.24, 2.45) is 0 Å². The Morgan fingerprint density at radius 1 is 0.903 bits per heavy atom. The van der Waals surface area contributed by atoms with Gasteiger partial charge in [-0.05, 0) is 56.3 Å². The van der Waals surface area contributed by atoms with Gasteiger partial charge in [0.15, 0.2) is 0 Å². The zero-order valence-corrected chi connectivity index (χ0v) is 18.2. The van der Waals surface area contributed by atoms with Crippen molar-refractivity contribution in [3.63, 3.8) is 0 Å². The van der Waals surface area contributed by atoms with Gasteiger partial charge in [0, 0.05) is 31.3 Å². The molecule has 0 unspecified atom stereocenters. The Bertz CT molecular complexity index is 1240. The van der Waals surface area contributed by atoms with E-state index < -0.39 is 10.0 Å². The number of aryl methyl sites for hydroxylation is 2. The lowest BCUT2D eigenvalue weighted by Crippen LogP contribution is -2.34. The van der Waals surface area contributed by atoms with Crippen molar-refractivity contribution >= 4 is 38.6 Å². The van der Waals surface area contributed by atoms with Crippen molar-refractivity contribution in [3.05, 3.63) is 59.4 Å². The minimum absolute atomic E-state index is 0.0210. The number of fused-ring (bicyclic) bond motifs is 1. The Hall–Kier alpha value is -3.37. The van der Waals surface area contributed by atoms with Crippen molar-refractivity contribution < 1.29 is 18.0 Å². The molecule has 31 heavy (non-hydrogen) atoms. The molecule has 2 aromatic carbocycles. The second kappa shape index (κ2) is 9.19. The van der Waals surface area contributed by atoms with Crippen LogP contribution in [0.5, 0.6) is 0 Å². The molecular formula is C21H23N5O4S. The Balaban J connectivity index is 1.56. The number of nitrogens with one attached hydrogen (secondary N) is 3. The average Bonchev–Trinajstić information content (AvgIpc) is 2.71. The normalized spacial score (nSPS) is 11.3. The van der Waals surface area contributed by atoms with Crippen molar-refractivity contribution in [1.82, 2.24) is 20.0 Å². The quantitative estimate of drug-likeness (QED) is 0.480. The van der Waals surface area contributed by atoms with E-state index in [0.717, 1.165) is 11.4 Å². The number of hydrogen-bond donors (Lipinski definition) is 3. The molecule has 0 radical (unpaired) electrons. The fraction of sp³-hybridized carbons (Fsp3) is 0.238. The Morgan fingerprint density at radius 2 is 1.55 bits per heavy atom. The number of hydrogen-bond acceptors (Lipinski definition) is 6. The lowest BCUT2D eigenvalue weighted by atomic mass is 10.1. The lowest BCUT2D eigenvalue weighted by Gasteiger charge is -2.09. The Labute approximate surface area is 180 Å². The van der Waals surface area contributed by atoms with Gasteiger partial charge in [-0.3, -0.25) is 9.59 Å². The highest BCUT2D eigenvalue weighted by Crippen LogP contribution is 2.15. The Kier molecular flexibility index (Phi) is 6.62. The number of nitrogens with zero attached hydrogens (tertiary/aromatic N) is 2. The van der Waals surface area contributed by atoms with Crippen molar-refractivity contribution in [3.8, 4) is 0 Å². The molecule has 3 aromatic rings. The molecule has 0 bridgehead atoms. The summed E-state index contributed by atoms with van der Waals surface area (Å²) >= 11 is 0. The zero-order valence-electron chi connectivity index (χ0n) is 17.4. The number of rotatable bonds is 7. The fourth-order valence-corrected chi connectivity index (χ4v) is 3.87. The summed E-state index contributed by atoms with van der Waals surface area (Å²) in [6.45, 7) is 5.23. The summed E-state index contributed by atoms with van der Waals surface area (Å²) in [6, 6.07) is 10.8. The molecule has 1 aromatic heterocycles. The van der Waals surface area contributed by atoms with Crippen molar-refractivity contribution in [2.75, 3.05) is 18.4 Å². The molecule has 0 atom stereocenters. The molecule has 0 aliphatic rings. The average molecular weight is 442 g/mol. The monoisotopic (exact) mass is 441 g/mol. The van der Waals surface area contributed by atoms with E-state index >= 15 is 0 Å². The van der Waals surface area contributed by atoms with Gasteiger partial charge in [-0.1, -0.05) is 0 Å². The standard InChI is InChI=1S/C21H23N5O4S/c1-13-14(2)25-20-12-16(4-9-19(20)24-13)21(28)22-10-11-23-31(29,30)18-7-5-17(6-8-18)26-15(3)27/h4-9,12,23H,10-11H2,1-3H3,(H,22,28)(H,26,27). The van der Waals surface area contributed by atoms with Gasteiger partial charge in [0.1, 0.15) is 0 Å². The van der Waals surface area contributed by atoms with Gasteiger partial charge in [0.2, 0.25) is 15.9 Å². The van der Waals surface area contributed by atoms with Crippen LogP contribution in [0.15, 0.2) is 47.4 Å². The predicted molar refractivity (Wildman–Crippen MR) is 117 cm³/mol. The third-order valence-electron chi connectivity index (χ3n) is 4.53. The molecule has 1 heterocycles. The van der Waals surface area contributed by atoms with Gasteiger partial charge in [-0.25, -0.2) is 23.1 Å². The largest absolute Gasteiger partial charge is 0.351 e. The molecule has 0 spiro atoms.